The van der Waals surface area contributed by atoms with E-state index in [1.165, 1.54) is 22.5 Å². The largest absolute Gasteiger partial charge is 0.345 e. The summed E-state index contributed by atoms with van der Waals surface area (Å²) in [5, 5.41) is 0. The van der Waals surface area contributed by atoms with Gasteiger partial charge in [-0.25, -0.2) is 0 Å². The Morgan fingerprint density at radius 3 is 1.00 bits per heavy atom. The van der Waals surface area contributed by atoms with E-state index in [1.807, 2.05) is 0 Å². The summed E-state index contributed by atoms with van der Waals surface area (Å²) >= 11 is 0. The van der Waals surface area contributed by atoms with Gasteiger partial charge in [-0.2, -0.15) is 0 Å². The van der Waals surface area contributed by atoms with Gasteiger partial charge in [0, 0.05) is 36.8 Å². The van der Waals surface area contributed by atoms with E-state index in [0.29, 0.717) is 0 Å². The highest BCUT2D eigenvalue weighted by Crippen LogP contribution is 2.30. The highest BCUT2D eigenvalue weighted by atomic mass is 15.1. The van der Waals surface area contributed by atoms with Crippen molar-refractivity contribution in [1.82, 2.24) is 0 Å². The van der Waals surface area contributed by atoms with Crippen molar-refractivity contribution < 1.29 is 0 Å². The first-order valence-corrected chi connectivity index (χ1v) is 10.9. The molecule has 0 aromatic heterocycles. The van der Waals surface area contributed by atoms with E-state index in [1.54, 1.807) is 0 Å². The lowest BCUT2D eigenvalue weighted by Gasteiger charge is -2.21. The van der Waals surface area contributed by atoms with Gasteiger partial charge in [-0.1, -0.05) is 66.2 Å². The maximum absolute atomic E-state index is 4.35. The molecule has 0 amide bonds. The molecule has 4 rings (SSSR count). The van der Waals surface area contributed by atoms with E-state index in [-0.39, 0.29) is 0 Å². The van der Waals surface area contributed by atoms with Gasteiger partial charge in [0.1, 0.15) is 0 Å². The predicted octanol–water partition coefficient (Wildman–Crippen LogP) is 7.90. The number of rotatable bonds is 6. The molecule has 4 aromatic rings. The zero-order chi connectivity index (χ0) is 22.7. The first-order chi connectivity index (χ1) is 15.4. The van der Waals surface area contributed by atoms with Gasteiger partial charge >= 0.3 is 0 Å². The van der Waals surface area contributed by atoms with Gasteiger partial charge in [0.15, 0.2) is 0 Å². The van der Waals surface area contributed by atoms with Gasteiger partial charge in [0.05, 0.1) is 0 Å². The summed E-state index contributed by atoms with van der Waals surface area (Å²) in [6.45, 7) is 8.57. The number of hydrogen-bond acceptors (Lipinski definition) is 2. The SMILES string of the molecule is C=C(c1ccc(N(C)c2ccc(C)cc2)cc1)c1ccc(N(C)c2ccc(C)cc2)cc1. The average molecular weight is 419 g/mol. The highest BCUT2D eigenvalue weighted by Gasteiger charge is 2.08. The Hall–Kier alpha value is -3.78. The van der Waals surface area contributed by atoms with E-state index in [2.05, 4.69) is 141 Å². The summed E-state index contributed by atoms with van der Waals surface area (Å²) in [6, 6.07) is 34.4. The number of aryl methyl sites for hydroxylation is 2. The molecule has 0 fully saturated rings. The summed E-state index contributed by atoms with van der Waals surface area (Å²) in [5.41, 5.74) is 10.5. The Balaban J connectivity index is 1.48. The molecular weight excluding hydrogens is 388 g/mol. The third kappa shape index (κ3) is 4.60. The Bertz CT molecular complexity index is 1090. The van der Waals surface area contributed by atoms with Crippen molar-refractivity contribution >= 4 is 28.3 Å². The fourth-order valence-corrected chi connectivity index (χ4v) is 3.77. The molecule has 0 radical (unpaired) electrons. The zero-order valence-electron chi connectivity index (χ0n) is 19.3. The Morgan fingerprint density at radius 1 is 0.469 bits per heavy atom. The molecule has 0 aliphatic heterocycles. The van der Waals surface area contributed by atoms with E-state index in [9.17, 15) is 0 Å². The van der Waals surface area contributed by atoms with E-state index >= 15 is 0 Å². The molecule has 2 heteroatoms. The molecule has 2 nitrogen and oxygen atoms in total. The van der Waals surface area contributed by atoms with E-state index in [4.69, 9.17) is 0 Å². The fourth-order valence-electron chi connectivity index (χ4n) is 3.77. The van der Waals surface area contributed by atoms with Crippen LogP contribution >= 0.6 is 0 Å². The van der Waals surface area contributed by atoms with Crippen LogP contribution in [0.3, 0.4) is 0 Å². The lowest BCUT2D eigenvalue weighted by molar-refractivity contribution is 1.20. The Morgan fingerprint density at radius 2 is 0.719 bits per heavy atom. The summed E-state index contributed by atoms with van der Waals surface area (Å²) < 4.78 is 0. The number of nitrogens with zero attached hydrogens (tertiary/aromatic N) is 2. The van der Waals surface area contributed by atoms with Gasteiger partial charge < -0.3 is 9.80 Å². The lowest BCUT2D eigenvalue weighted by Crippen LogP contribution is -2.09. The topological polar surface area (TPSA) is 6.48 Å². The van der Waals surface area contributed by atoms with Crippen LogP contribution in [0.25, 0.3) is 5.57 Å². The van der Waals surface area contributed by atoms with Crippen molar-refractivity contribution in [3.05, 3.63) is 126 Å². The van der Waals surface area contributed by atoms with Crippen LogP contribution in [0.4, 0.5) is 22.7 Å². The van der Waals surface area contributed by atoms with Crippen LogP contribution in [0.2, 0.25) is 0 Å². The zero-order valence-corrected chi connectivity index (χ0v) is 19.3. The minimum absolute atomic E-state index is 1.03. The maximum Gasteiger partial charge on any atom is 0.0408 e. The molecule has 0 saturated carbocycles. The van der Waals surface area contributed by atoms with Crippen LogP contribution in [0.15, 0.2) is 104 Å². The van der Waals surface area contributed by atoms with Crippen molar-refractivity contribution in [2.24, 2.45) is 0 Å². The first kappa shape index (κ1) is 21.5. The third-order valence-electron chi connectivity index (χ3n) is 6.05. The summed E-state index contributed by atoms with van der Waals surface area (Å²) in [5.74, 6) is 0. The van der Waals surface area contributed by atoms with Crippen LogP contribution in [0.1, 0.15) is 22.3 Å². The molecule has 0 N–H and O–H groups in total. The predicted molar refractivity (Wildman–Crippen MR) is 140 cm³/mol. The molecule has 0 heterocycles. The van der Waals surface area contributed by atoms with Crippen molar-refractivity contribution in [3.63, 3.8) is 0 Å². The Labute approximate surface area is 192 Å². The molecule has 0 bridgehead atoms. The second kappa shape index (κ2) is 9.15. The number of hydrogen-bond donors (Lipinski definition) is 0. The molecule has 0 aliphatic rings. The maximum atomic E-state index is 4.35. The molecular formula is C30H30N2. The smallest absolute Gasteiger partial charge is 0.0408 e. The fraction of sp³-hybridized carbons (Fsp3) is 0.133. The van der Waals surface area contributed by atoms with Crippen molar-refractivity contribution in [3.8, 4) is 0 Å². The average Bonchev–Trinajstić information content (AvgIpc) is 2.84. The van der Waals surface area contributed by atoms with Gasteiger partial charge in [0.25, 0.3) is 0 Å². The monoisotopic (exact) mass is 418 g/mol. The van der Waals surface area contributed by atoms with Crippen molar-refractivity contribution in [1.29, 1.82) is 0 Å². The van der Waals surface area contributed by atoms with E-state index < -0.39 is 0 Å². The molecule has 4 aromatic carbocycles. The standard InChI is InChI=1S/C30H30N2/c1-22-6-14-27(15-7-22)31(4)29-18-10-25(11-19-29)24(3)26-12-20-30(21-13-26)32(5)28-16-8-23(2)9-17-28/h6-21H,3H2,1-2,4-5H3. The molecule has 0 aliphatic carbocycles. The number of anilines is 4. The van der Waals surface area contributed by atoms with Gasteiger partial charge in [-0.05, 0) is 79.1 Å². The summed E-state index contributed by atoms with van der Waals surface area (Å²) in [6.07, 6.45) is 0. The summed E-state index contributed by atoms with van der Waals surface area (Å²) in [7, 11) is 4.19. The van der Waals surface area contributed by atoms with Crippen molar-refractivity contribution in [2.75, 3.05) is 23.9 Å². The Kier molecular flexibility index (Phi) is 6.13. The minimum Gasteiger partial charge on any atom is -0.345 e. The molecule has 0 unspecified atom stereocenters. The van der Waals surface area contributed by atoms with Crippen LogP contribution in [-0.2, 0) is 0 Å². The normalized spacial score (nSPS) is 10.6. The third-order valence-corrected chi connectivity index (χ3v) is 6.05. The quantitative estimate of drug-likeness (QED) is 0.314. The second-order valence-electron chi connectivity index (χ2n) is 8.36. The second-order valence-corrected chi connectivity index (χ2v) is 8.36. The lowest BCUT2D eigenvalue weighted by atomic mass is 9.99. The number of benzene rings is 4. The van der Waals surface area contributed by atoms with Crippen LogP contribution in [0, 0.1) is 13.8 Å². The van der Waals surface area contributed by atoms with E-state index in [0.717, 1.165) is 28.1 Å². The molecule has 0 spiro atoms. The minimum atomic E-state index is 1.03. The molecule has 0 atom stereocenters. The summed E-state index contributed by atoms with van der Waals surface area (Å²) in [4.78, 5) is 4.39. The molecule has 0 saturated heterocycles. The van der Waals surface area contributed by atoms with Gasteiger partial charge in [0.2, 0.25) is 0 Å². The van der Waals surface area contributed by atoms with Crippen LogP contribution < -0.4 is 9.80 Å². The van der Waals surface area contributed by atoms with Crippen molar-refractivity contribution in [2.45, 2.75) is 13.8 Å². The van der Waals surface area contributed by atoms with Crippen LogP contribution in [0.5, 0.6) is 0 Å². The molecule has 32 heavy (non-hydrogen) atoms. The van der Waals surface area contributed by atoms with Crippen LogP contribution in [-0.4, -0.2) is 14.1 Å². The first-order valence-electron chi connectivity index (χ1n) is 10.9. The van der Waals surface area contributed by atoms with Gasteiger partial charge in [-0.15, -0.1) is 0 Å². The highest BCUT2D eigenvalue weighted by molar-refractivity contribution is 5.80. The van der Waals surface area contributed by atoms with Gasteiger partial charge in [-0.3, -0.25) is 0 Å². The molecule has 160 valence electrons.